The molecular weight excluding hydrogens is 593 g/mol. The number of amidine groups is 2. The van der Waals surface area contributed by atoms with Crippen LogP contribution in [0.5, 0.6) is 0 Å². The summed E-state index contributed by atoms with van der Waals surface area (Å²) in [4.78, 5) is 36.5. The van der Waals surface area contributed by atoms with Crippen molar-refractivity contribution in [2.24, 2.45) is 9.98 Å². The van der Waals surface area contributed by atoms with Gasteiger partial charge in [0.2, 0.25) is 0 Å². The van der Waals surface area contributed by atoms with Crippen LogP contribution >= 0.6 is 43.2 Å². The Morgan fingerprint density at radius 1 is 0.700 bits per heavy atom. The first-order valence-corrected chi connectivity index (χ1v) is 17.9. The average molecular weight is 643 g/mol. The third-order valence-electron chi connectivity index (χ3n) is 5.59. The zero-order chi connectivity index (χ0) is 30.5. The van der Waals surface area contributed by atoms with Crippen molar-refractivity contribution in [3.8, 4) is 0 Å². The molecule has 40 heavy (non-hydrogen) atoms. The van der Waals surface area contributed by atoms with Gasteiger partial charge < -0.3 is 30.6 Å². The van der Waals surface area contributed by atoms with Crippen LogP contribution in [-0.2, 0) is 9.59 Å². The molecule has 2 heterocycles. The molecule has 0 radical (unpaired) electrons. The Morgan fingerprint density at radius 2 is 1.02 bits per heavy atom. The van der Waals surface area contributed by atoms with Gasteiger partial charge in [0, 0.05) is 13.1 Å². The van der Waals surface area contributed by atoms with Gasteiger partial charge in [-0.2, -0.15) is 0 Å². The fourth-order valence-electron chi connectivity index (χ4n) is 3.09. The molecule has 2 aliphatic heterocycles. The van der Waals surface area contributed by atoms with Crippen molar-refractivity contribution in [2.75, 3.05) is 80.5 Å². The maximum Gasteiger partial charge on any atom is 0.414 e. The first kappa shape index (κ1) is 39.1. The minimum absolute atomic E-state index is 0.269. The van der Waals surface area contributed by atoms with Gasteiger partial charge in [-0.3, -0.25) is 9.80 Å². The Morgan fingerprint density at radius 3 is 1.25 bits per heavy atom. The number of hydrogen-bond acceptors (Lipinski definition) is 14. The smallest absolute Gasteiger partial charge is 0.414 e. The van der Waals surface area contributed by atoms with E-state index in [2.05, 4.69) is 96.1 Å². The zero-order valence-corrected chi connectivity index (χ0v) is 28.5. The molecule has 0 saturated carbocycles. The first-order chi connectivity index (χ1) is 19.0. The Kier molecular flexibility index (Phi) is 23.1. The van der Waals surface area contributed by atoms with Gasteiger partial charge in [0.1, 0.15) is 0 Å². The number of nitrogens with zero attached hydrogens (tertiary/aromatic N) is 6. The Balaban J connectivity index is 0.000000634. The minimum atomic E-state index is -1.82. The molecule has 234 valence electrons. The summed E-state index contributed by atoms with van der Waals surface area (Å²) in [5.41, 5.74) is 0.538. The third-order valence-corrected chi connectivity index (χ3v) is 10.6. The van der Waals surface area contributed by atoms with Crippen LogP contribution in [0.25, 0.3) is 0 Å². The van der Waals surface area contributed by atoms with Crippen LogP contribution in [0.1, 0.15) is 40.5 Å². The summed E-state index contributed by atoms with van der Waals surface area (Å²) in [6, 6.07) is 0. The summed E-state index contributed by atoms with van der Waals surface area (Å²) < 4.78 is 0. The topological polar surface area (TPSA) is 136 Å². The van der Waals surface area contributed by atoms with E-state index in [1.807, 2.05) is 0 Å². The Labute approximate surface area is 256 Å². The van der Waals surface area contributed by atoms with Crippen LogP contribution < -0.4 is 10.6 Å². The third kappa shape index (κ3) is 18.5. The molecule has 0 aromatic rings. The Hall–Kier alpha value is -0.880. The Bertz CT molecular complexity index is 707. The molecule has 0 fully saturated rings. The molecule has 0 aliphatic carbocycles. The summed E-state index contributed by atoms with van der Waals surface area (Å²) in [6.07, 6.45) is 2.36. The maximum atomic E-state index is 9.10. The lowest BCUT2D eigenvalue weighted by Gasteiger charge is -2.17. The number of nitrogens with one attached hydrogen (secondary N) is 2. The molecule has 2 atom stereocenters. The summed E-state index contributed by atoms with van der Waals surface area (Å²) in [7, 11) is 15.3. The fourth-order valence-corrected chi connectivity index (χ4v) is 7.80. The standard InChI is InChI=1S/2C11H24N4S2.C2H2O4/c2*1-5-15(6-2)9-7-8-12-10-13-11(14(3)4)17-16-10;3-1(4)2(5)6/h2*11H,5-9H2,1-4H3,(H,12,13);(H,3,4)(H,5,6). The van der Waals surface area contributed by atoms with Crippen molar-refractivity contribution < 1.29 is 19.8 Å². The molecule has 2 rings (SSSR count). The number of rotatable bonds is 14. The highest BCUT2D eigenvalue weighted by molar-refractivity contribution is 8.83. The molecule has 12 nitrogen and oxygen atoms in total. The van der Waals surface area contributed by atoms with Gasteiger partial charge in [-0.25, -0.2) is 19.6 Å². The van der Waals surface area contributed by atoms with Crippen LogP contribution in [-0.4, -0.2) is 144 Å². The highest BCUT2D eigenvalue weighted by Crippen LogP contribution is 2.36. The summed E-state index contributed by atoms with van der Waals surface area (Å²) in [5, 5.41) is 23.8. The number of carbonyl (C=O) groups is 2. The van der Waals surface area contributed by atoms with E-state index in [-0.39, 0.29) is 11.0 Å². The zero-order valence-electron chi connectivity index (χ0n) is 25.3. The molecule has 0 aromatic heterocycles. The van der Waals surface area contributed by atoms with Crippen LogP contribution in [0, 0.1) is 0 Å². The highest BCUT2D eigenvalue weighted by Gasteiger charge is 2.21. The maximum absolute atomic E-state index is 9.10. The van der Waals surface area contributed by atoms with E-state index in [1.54, 1.807) is 43.2 Å². The number of carboxylic acid groups (broad SMARTS) is 2. The van der Waals surface area contributed by atoms with Crippen LogP contribution in [0.15, 0.2) is 9.98 Å². The van der Waals surface area contributed by atoms with E-state index in [9.17, 15) is 0 Å². The van der Waals surface area contributed by atoms with Gasteiger partial charge in [0.05, 0.1) is 0 Å². The molecule has 2 unspecified atom stereocenters. The van der Waals surface area contributed by atoms with Gasteiger partial charge in [-0.15, -0.1) is 0 Å². The van der Waals surface area contributed by atoms with Crippen LogP contribution in [0.4, 0.5) is 0 Å². The fraction of sp³-hybridized carbons (Fsp3) is 0.833. The second kappa shape index (κ2) is 23.7. The van der Waals surface area contributed by atoms with Crippen molar-refractivity contribution in [3.63, 3.8) is 0 Å². The second-order valence-corrected chi connectivity index (χ2v) is 13.5. The molecule has 0 aromatic carbocycles. The quantitative estimate of drug-likeness (QED) is 0.126. The molecule has 0 saturated heterocycles. The predicted octanol–water partition coefficient (Wildman–Crippen LogP) is 2.96. The molecule has 0 bridgehead atoms. The van der Waals surface area contributed by atoms with Crippen molar-refractivity contribution in [1.82, 2.24) is 30.2 Å². The first-order valence-electron chi connectivity index (χ1n) is 13.5. The summed E-state index contributed by atoms with van der Waals surface area (Å²) in [6.45, 7) is 17.8. The number of aliphatic carboxylic acids is 2. The lowest BCUT2D eigenvalue weighted by atomic mass is 10.3. The van der Waals surface area contributed by atoms with Crippen molar-refractivity contribution in [3.05, 3.63) is 0 Å². The highest BCUT2D eigenvalue weighted by atomic mass is 33.1. The summed E-state index contributed by atoms with van der Waals surface area (Å²) in [5.74, 6) is -3.65. The monoisotopic (exact) mass is 642 g/mol. The van der Waals surface area contributed by atoms with Crippen LogP contribution in [0.3, 0.4) is 0 Å². The number of aliphatic imine (C=N–C) groups is 2. The molecule has 0 spiro atoms. The molecule has 0 amide bonds. The van der Waals surface area contributed by atoms with E-state index < -0.39 is 11.9 Å². The van der Waals surface area contributed by atoms with Gasteiger partial charge in [-0.05, 0) is 123 Å². The van der Waals surface area contributed by atoms with Gasteiger partial charge in [0.25, 0.3) is 0 Å². The summed E-state index contributed by atoms with van der Waals surface area (Å²) >= 11 is 0. The van der Waals surface area contributed by atoms with E-state index in [0.717, 1.165) is 49.6 Å². The van der Waals surface area contributed by atoms with Crippen molar-refractivity contribution >= 4 is 65.4 Å². The van der Waals surface area contributed by atoms with Crippen molar-refractivity contribution in [2.45, 2.75) is 51.5 Å². The predicted molar refractivity (Wildman–Crippen MR) is 176 cm³/mol. The van der Waals surface area contributed by atoms with E-state index in [4.69, 9.17) is 19.8 Å². The van der Waals surface area contributed by atoms with Crippen molar-refractivity contribution in [1.29, 1.82) is 0 Å². The number of carboxylic acids is 2. The minimum Gasteiger partial charge on any atom is -0.473 e. The second-order valence-electron chi connectivity index (χ2n) is 9.03. The van der Waals surface area contributed by atoms with Gasteiger partial charge in [0.15, 0.2) is 21.3 Å². The van der Waals surface area contributed by atoms with Gasteiger partial charge >= 0.3 is 11.9 Å². The average Bonchev–Trinajstić information content (AvgIpc) is 3.60. The molecule has 4 N–H and O–H groups in total. The van der Waals surface area contributed by atoms with E-state index >= 15 is 0 Å². The number of hydrogen-bond donors (Lipinski definition) is 4. The van der Waals surface area contributed by atoms with Gasteiger partial charge in [-0.1, -0.05) is 27.7 Å². The van der Waals surface area contributed by atoms with E-state index in [0.29, 0.717) is 0 Å². The molecule has 2 aliphatic rings. The largest absolute Gasteiger partial charge is 0.473 e. The molecular formula is C24H50N8O4S4. The van der Waals surface area contributed by atoms with E-state index in [1.165, 1.54) is 25.9 Å². The normalized spacial score (nSPS) is 18.2. The lowest BCUT2D eigenvalue weighted by Crippen LogP contribution is -2.28. The SMILES string of the molecule is CCN(CC)CCCNC1=NC(N(C)C)SS1.CCN(CC)CCCNC1=NC(N(C)C)SS1.O=C(O)C(=O)O. The lowest BCUT2D eigenvalue weighted by molar-refractivity contribution is -0.159. The molecule has 16 heteroatoms. The van der Waals surface area contributed by atoms with Crippen LogP contribution in [0.2, 0.25) is 0 Å².